The Labute approximate surface area is 101 Å². The number of amides is 1. The number of phenols is 1. The number of hydrogen-bond acceptors (Lipinski definition) is 4. The molecule has 0 aliphatic carbocycles. The normalized spacial score (nSPS) is 12.1. The zero-order valence-electron chi connectivity index (χ0n) is 10.1. The SMILES string of the molecule is CCOCC(C)NC(=O)c1cccc(N)c1O. The summed E-state index contributed by atoms with van der Waals surface area (Å²) in [5, 5.41) is 12.4. The molecule has 1 amide bonds. The number of ether oxygens (including phenoxy) is 1. The van der Waals surface area contributed by atoms with Gasteiger partial charge < -0.3 is 20.9 Å². The van der Waals surface area contributed by atoms with Crippen LogP contribution in [-0.2, 0) is 4.74 Å². The number of aromatic hydroxyl groups is 1. The van der Waals surface area contributed by atoms with E-state index < -0.39 is 0 Å². The summed E-state index contributed by atoms with van der Waals surface area (Å²) in [6, 6.07) is 4.56. The van der Waals surface area contributed by atoms with Crippen molar-refractivity contribution in [1.82, 2.24) is 5.32 Å². The van der Waals surface area contributed by atoms with Gasteiger partial charge in [-0.1, -0.05) is 6.07 Å². The quantitative estimate of drug-likeness (QED) is 0.530. The van der Waals surface area contributed by atoms with E-state index in [1.807, 2.05) is 13.8 Å². The highest BCUT2D eigenvalue weighted by Crippen LogP contribution is 2.24. The fourth-order valence-electron chi connectivity index (χ4n) is 1.38. The number of carbonyl (C=O) groups is 1. The fraction of sp³-hybridized carbons (Fsp3) is 0.417. The molecule has 1 unspecified atom stereocenters. The van der Waals surface area contributed by atoms with Crippen LogP contribution in [0.25, 0.3) is 0 Å². The summed E-state index contributed by atoms with van der Waals surface area (Å²) in [4.78, 5) is 11.8. The van der Waals surface area contributed by atoms with Gasteiger partial charge in [-0.05, 0) is 26.0 Å². The first-order chi connectivity index (χ1) is 8.06. The first kappa shape index (κ1) is 13.3. The van der Waals surface area contributed by atoms with Crippen LogP contribution < -0.4 is 11.1 Å². The van der Waals surface area contributed by atoms with Crippen LogP contribution in [0.2, 0.25) is 0 Å². The predicted molar refractivity (Wildman–Crippen MR) is 65.9 cm³/mol. The van der Waals surface area contributed by atoms with E-state index in [2.05, 4.69) is 5.32 Å². The fourth-order valence-corrected chi connectivity index (χ4v) is 1.38. The minimum Gasteiger partial charge on any atom is -0.505 e. The number of carbonyl (C=O) groups excluding carboxylic acids is 1. The lowest BCUT2D eigenvalue weighted by atomic mass is 10.1. The summed E-state index contributed by atoms with van der Waals surface area (Å²) in [5.41, 5.74) is 5.88. The Morgan fingerprint density at radius 1 is 1.59 bits per heavy atom. The monoisotopic (exact) mass is 238 g/mol. The number of phenolic OH excluding ortho intramolecular Hbond substituents is 1. The highest BCUT2D eigenvalue weighted by atomic mass is 16.5. The standard InChI is InChI=1S/C12H18N2O3/c1-3-17-7-8(2)14-12(16)9-5-4-6-10(13)11(9)15/h4-6,8,15H,3,7,13H2,1-2H3,(H,14,16). The van der Waals surface area contributed by atoms with Gasteiger partial charge in [-0.25, -0.2) is 0 Å². The Morgan fingerprint density at radius 2 is 2.29 bits per heavy atom. The van der Waals surface area contributed by atoms with Crippen LogP contribution in [-0.4, -0.2) is 30.3 Å². The molecule has 0 fully saturated rings. The Bertz CT molecular complexity index is 393. The molecule has 0 heterocycles. The molecule has 0 saturated heterocycles. The van der Waals surface area contributed by atoms with E-state index in [-0.39, 0.29) is 28.9 Å². The summed E-state index contributed by atoms with van der Waals surface area (Å²) in [7, 11) is 0. The van der Waals surface area contributed by atoms with E-state index in [1.54, 1.807) is 6.07 Å². The van der Waals surface area contributed by atoms with E-state index in [0.29, 0.717) is 13.2 Å². The number of rotatable bonds is 5. The molecule has 0 aromatic heterocycles. The lowest BCUT2D eigenvalue weighted by molar-refractivity contribution is 0.0869. The molecule has 1 aromatic rings. The maximum absolute atomic E-state index is 11.8. The van der Waals surface area contributed by atoms with Gasteiger partial charge in [-0.2, -0.15) is 0 Å². The Morgan fingerprint density at radius 3 is 2.94 bits per heavy atom. The molecule has 0 bridgehead atoms. The molecule has 0 radical (unpaired) electrons. The molecule has 0 aliphatic rings. The average Bonchev–Trinajstić information content (AvgIpc) is 2.29. The second-order valence-corrected chi connectivity index (χ2v) is 3.78. The van der Waals surface area contributed by atoms with Crippen molar-refractivity contribution in [3.63, 3.8) is 0 Å². The molecule has 1 rings (SSSR count). The molecule has 4 N–H and O–H groups in total. The van der Waals surface area contributed by atoms with E-state index >= 15 is 0 Å². The number of nitrogens with two attached hydrogens (primary N) is 1. The van der Waals surface area contributed by atoms with Gasteiger partial charge in [-0.15, -0.1) is 0 Å². The van der Waals surface area contributed by atoms with E-state index in [9.17, 15) is 9.90 Å². The Kier molecular flexibility index (Phi) is 4.78. The maximum Gasteiger partial charge on any atom is 0.255 e. The molecule has 5 nitrogen and oxygen atoms in total. The third-order valence-electron chi connectivity index (χ3n) is 2.26. The number of nitrogens with one attached hydrogen (secondary N) is 1. The Balaban J connectivity index is 2.67. The van der Waals surface area contributed by atoms with Gasteiger partial charge in [0.1, 0.15) is 0 Å². The number of nitrogen functional groups attached to an aromatic ring is 1. The minimum atomic E-state index is -0.359. The van der Waals surface area contributed by atoms with Crippen molar-refractivity contribution in [2.45, 2.75) is 19.9 Å². The zero-order chi connectivity index (χ0) is 12.8. The molecule has 94 valence electrons. The van der Waals surface area contributed by atoms with Crippen molar-refractivity contribution >= 4 is 11.6 Å². The maximum atomic E-state index is 11.8. The molecular formula is C12H18N2O3. The van der Waals surface area contributed by atoms with Crippen molar-refractivity contribution in [1.29, 1.82) is 0 Å². The van der Waals surface area contributed by atoms with Crippen molar-refractivity contribution in [2.75, 3.05) is 18.9 Å². The van der Waals surface area contributed by atoms with Crippen LogP contribution >= 0.6 is 0 Å². The molecule has 0 saturated carbocycles. The highest BCUT2D eigenvalue weighted by molar-refractivity contribution is 5.98. The van der Waals surface area contributed by atoms with Crippen LogP contribution in [0, 0.1) is 0 Å². The third kappa shape index (κ3) is 3.64. The number of para-hydroxylation sites is 1. The van der Waals surface area contributed by atoms with Crippen molar-refractivity contribution in [3.8, 4) is 5.75 Å². The predicted octanol–water partition coefficient (Wildman–Crippen LogP) is 1.13. The molecular weight excluding hydrogens is 220 g/mol. The van der Waals surface area contributed by atoms with Gasteiger partial charge in [0.15, 0.2) is 5.75 Å². The van der Waals surface area contributed by atoms with Crippen molar-refractivity contribution in [3.05, 3.63) is 23.8 Å². The molecule has 1 aromatic carbocycles. The lowest BCUT2D eigenvalue weighted by Gasteiger charge is -2.14. The van der Waals surface area contributed by atoms with E-state index in [4.69, 9.17) is 10.5 Å². The first-order valence-electron chi connectivity index (χ1n) is 5.52. The molecule has 0 aliphatic heterocycles. The first-order valence-corrected chi connectivity index (χ1v) is 5.52. The summed E-state index contributed by atoms with van der Waals surface area (Å²) < 4.78 is 5.18. The largest absolute Gasteiger partial charge is 0.505 e. The van der Waals surface area contributed by atoms with Crippen LogP contribution in [0.3, 0.4) is 0 Å². The van der Waals surface area contributed by atoms with E-state index in [1.165, 1.54) is 12.1 Å². The topological polar surface area (TPSA) is 84.6 Å². The van der Waals surface area contributed by atoms with Gasteiger partial charge in [0.25, 0.3) is 5.91 Å². The van der Waals surface area contributed by atoms with Crippen molar-refractivity contribution in [2.24, 2.45) is 0 Å². The summed E-state index contributed by atoms with van der Waals surface area (Å²) in [6.07, 6.45) is 0. The second kappa shape index (κ2) is 6.10. The smallest absolute Gasteiger partial charge is 0.255 e. The Hall–Kier alpha value is -1.75. The zero-order valence-corrected chi connectivity index (χ0v) is 10.1. The van der Waals surface area contributed by atoms with Gasteiger partial charge >= 0.3 is 0 Å². The third-order valence-corrected chi connectivity index (χ3v) is 2.26. The van der Waals surface area contributed by atoms with Crippen molar-refractivity contribution < 1.29 is 14.6 Å². The molecule has 5 heteroatoms. The average molecular weight is 238 g/mol. The number of hydrogen-bond donors (Lipinski definition) is 3. The van der Waals surface area contributed by atoms with Crippen LogP contribution in [0.1, 0.15) is 24.2 Å². The van der Waals surface area contributed by atoms with Crippen LogP contribution in [0.4, 0.5) is 5.69 Å². The second-order valence-electron chi connectivity index (χ2n) is 3.78. The molecule has 0 spiro atoms. The van der Waals surface area contributed by atoms with Gasteiger partial charge in [0.2, 0.25) is 0 Å². The van der Waals surface area contributed by atoms with Gasteiger partial charge in [0.05, 0.1) is 17.9 Å². The van der Waals surface area contributed by atoms with Gasteiger partial charge in [0, 0.05) is 12.6 Å². The lowest BCUT2D eigenvalue weighted by Crippen LogP contribution is -2.35. The van der Waals surface area contributed by atoms with E-state index in [0.717, 1.165) is 0 Å². The highest BCUT2D eigenvalue weighted by Gasteiger charge is 2.14. The molecule has 17 heavy (non-hydrogen) atoms. The summed E-state index contributed by atoms with van der Waals surface area (Å²) in [6.45, 7) is 4.75. The van der Waals surface area contributed by atoms with Gasteiger partial charge in [-0.3, -0.25) is 4.79 Å². The van der Waals surface area contributed by atoms with Crippen LogP contribution in [0.5, 0.6) is 5.75 Å². The van der Waals surface area contributed by atoms with Crippen LogP contribution in [0.15, 0.2) is 18.2 Å². The summed E-state index contributed by atoms with van der Waals surface area (Å²) >= 11 is 0. The minimum absolute atomic E-state index is 0.122. The molecule has 1 atom stereocenters. The number of anilines is 1. The summed E-state index contributed by atoms with van der Waals surface area (Å²) in [5.74, 6) is -0.546. The number of benzene rings is 1.